The Hall–Kier alpha value is -1.59. The zero-order valence-electron chi connectivity index (χ0n) is 14.7. The molecule has 1 fully saturated rings. The third-order valence-corrected chi connectivity index (χ3v) is 5.09. The standard InChI is InChI=1S/C17H30N2O4/c1-5-13(6-2)12(3)16(21)18(4)11-15(20)19-9-7-14(8-10-19)17(22)23/h12-14H,5-11H2,1-4H3,(H,22,23). The number of hydrogen-bond acceptors (Lipinski definition) is 3. The third-order valence-electron chi connectivity index (χ3n) is 5.09. The van der Waals surface area contributed by atoms with Gasteiger partial charge in [-0.1, -0.05) is 33.6 Å². The van der Waals surface area contributed by atoms with Crippen LogP contribution in [0, 0.1) is 17.8 Å². The van der Waals surface area contributed by atoms with Crippen LogP contribution in [0.2, 0.25) is 0 Å². The number of nitrogens with zero attached hydrogens (tertiary/aromatic N) is 2. The topological polar surface area (TPSA) is 77.9 Å². The Balaban J connectivity index is 2.50. The van der Waals surface area contributed by atoms with Gasteiger partial charge in [-0.15, -0.1) is 0 Å². The molecule has 0 aromatic rings. The van der Waals surface area contributed by atoms with Crippen LogP contribution in [-0.4, -0.2) is 59.4 Å². The van der Waals surface area contributed by atoms with Crippen molar-refractivity contribution in [3.05, 3.63) is 0 Å². The van der Waals surface area contributed by atoms with Gasteiger partial charge in [0, 0.05) is 26.1 Å². The molecule has 2 amide bonds. The number of piperidine rings is 1. The molecule has 1 N–H and O–H groups in total. The predicted molar refractivity (Wildman–Crippen MR) is 87.8 cm³/mol. The maximum atomic E-state index is 12.4. The lowest BCUT2D eigenvalue weighted by Gasteiger charge is -2.32. The quantitative estimate of drug-likeness (QED) is 0.774. The number of hydrogen-bond donors (Lipinski definition) is 1. The van der Waals surface area contributed by atoms with Crippen molar-refractivity contribution in [2.24, 2.45) is 17.8 Å². The molecule has 0 radical (unpaired) electrons. The molecule has 0 aromatic carbocycles. The van der Waals surface area contributed by atoms with Crippen molar-refractivity contribution < 1.29 is 19.5 Å². The van der Waals surface area contributed by atoms with Gasteiger partial charge >= 0.3 is 5.97 Å². The van der Waals surface area contributed by atoms with Gasteiger partial charge in [0.2, 0.25) is 11.8 Å². The van der Waals surface area contributed by atoms with E-state index in [9.17, 15) is 14.4 Å². The second-order valence-corrected chi connectivity index (χ2v) is 6.55. The average molecular weight is 326 g/mol. The fraction of sp³-hybridized carbons (Fsp3) is 0.824. The highest BCUT2D eigenvalue weighted by atomic mass is 16.4. The van der Waals surface area contributed by atoms with Crippen LogP contribution in [0.1, 0.15) is 46.5 Å². The van der Waals surface area contributed by atoms with E-state index in [1.54, 1.807) is 11.9 Å². The molecule has 0 aromatic heterocycles. The van der Waals surface area contributed by atoms with Gasteiger partial charge in [-0.25, -0.2) is 0 Å². The largest absolute Gasteiger partial charge is 0.481 e. The number of likely N-dealkylation sites (N-methyl/N-ethyl adjacent to an activating group) is 1. The number of carboxylic acids is 1. The minimum atomic E-state index is -0.789. The summed E-state index contributed by atoms with van der Waals surface area (Å²) in [6, 6.07) is 0. The van der Waals surface area contributed by atoms with Crippen LogP contribution in [0.5, 0.6) is 0 Å². The average Bonchev–Trinajstić information content (AvgIpc) is 2.54. The Kier molecular flexibility index (Phi) is 7.52. The molecule has 1 saturated heterocycles. The van der Waals surface area contributed by atoms with Crippen LogP contribution in [0.25, 0.3) is 0 Å². The molecule has 23 heavy (non-hydrogen) atoms. The van der Waals surface area contributed by atoms with Gasteiger partial charge in [-0.2, -0.15) is 0 Å². The highest BCUT2D eigenvalue weighted by Crippen LogP contribution is 2.21. The number of amides is 2. The van der Waals surface area contributed by atoms with E-state index in [-0.39, 0.29) is 30.2 Å². The first-order valence-electron chi connectivity index (χ1n) is 8.57. The van der Waals surface area contributed by atoms with Gasteiger partial charge < -0.3 is 14.9 Å². The molecule has 1 rings (SSSR count). The molecular formula is C17H30N2O4. The summed E-state index contributed by atoms with van der Waals surface area (Å²) in [6.45, 7) is 7.08. The van der Waals surface area contributed by atoms with E-state index >= 15 is 0 Å². The molecule has 1 aliphatic heterocycles. The third kappa shape index (κ3) is 5.22. The van der Waals surface area contributed by atoms with Crippen molar-refractivity contribution in [3.63, 3.8) is 0 Å². The SMILES string of the molecule is CCC(CC)C(C)C(=O)N(C)CC(=O)N1CCC(C(=O)O)CC1. The van der Waals surface area contributed by atoms with Crippen LogP contribution in [0.3, 0.4) is 0 Å². The van der Waals surface area contributed by atoms with Crippen LogP contribution in [0.4, 0.5) is 0 Å². The van der Waals surface area contributed by atoms with Gasteiger partial charge in [-0.3, -0.25) is 14.4 Å². The normalized spacial score (nSPS) is 17.2. The van der Waals surface area contributed by atoms with Gasteiger partial charge in [0.1, 0.15) is 0 Å². The van der Waals surface area contributed by atoms with Gasteiger partial charge in [0.15, 0.2) is 0 Å². The molecule has 132 valence electrons. The minimum Gasteiger partial charge on any atom is -0.481 e. The van der Waals surface area contributed by atoms with Crippen molar-refractivity contribution in [1.29, 1.82) is 0 Å². The molecule has 1 unspecified atom stereocenters. The van der Waals surface area contributed by atoms with Gasteiger partial charge in [0.05, 0.1) is 12.5 Å². The van der Waals surface area contributed by atoms with Crippen molar-refractivity contribution in [3.8, 4) is 0 Å². The lowest BCUT2D eigenvalue weighted by molar-refractivity contribution is -0.147. The minimum absolute atomic E-state index is 0.00692. The van der Waals surface area contributed by atoms with Crippen LogP contribution in [-0.2, 0) is 14.4 Å². The van der Waals surface area contributed by atoms with E-state index in [1.807, 2.05) is 6.92 Å². The maximum absolute atomic E-state index is 12.4. The summed E-state index contributed by atoms with van der Waals surface area (Å²) in [6.07, 6.45) is 2.88. The molecule has 6 heteroatoms. The summed E-state index contributed by atoms with van der Waals surface area (Å²) in [5.41, 5.74) is 0. The van der Waals surface area contributed by atoms with E-state index in [2.05, 4.69) is 13.8 Å². The molecule has 0 bridgehead atoms. The Morgan fingerprint density at radius 1 is 1.17 bits per heavy atom. The first-order valence-corrected chi connectivity index (χ1v) is 8.57. The van der Waals surface area contributed by atoms with E-state index in [0.29, 0.717) is 31.8 Å². The summed E-state index contributed by atoms with van der Waals surface area (Å²) in [5.74, 6) is -0.975. The molecule has 0 aliphatic carbocycles. The first kappa shape index (κ1) is 19.5. The maximum Gasteiger partial charge on any atom is 0.306 e. The molecule has 0 spiro atoms. The Morgan fingerprint density at radius 3 is 2.13 bits per heavy atom. The summed E-state index contributed by atoms with van der Waals surface area (Å²) in [7, 11) is 1.67. The lowest BCUT2D eigenvalue weighted by atomic mass is 9.88. The number of aliphatic carboxylic acids is 1. The number of likely N-dealkylation sites (tertiary alicyclic amines) is 1. The van der Waals surface area contributed by atoms with E-state index in [4.69, 9.17) is 5.11 Å². The number of carboxylic acid groups (broad SMARTS) is 1. The molecular weight excluding hydrogens is 296 g/mol. The molecule has 0 saturated carbocycles. The van der Waals surface area contributed by atoms with Crippen molar-refractivity contribution in [1.82, 2.24) is 9.80 Å². The molecule has 1 aliphatic rings. The number of carbonyl (C=O) groups is 3. The first-order chi connectivity index (χ1) is 10.8. The van der Waals surface area contributed by atoms with Gasteiger partial charge in [-0.05, 0) is 18.8 Å². The number of carbonyl (C=O) groups excluding carboxylic acids is 2. The van der Waals surface area contributed by atoms with Crippen LogP contribution in [0.15, 0.2) is 0 Å². The monoisotopic (exact) mass is 326 g/mol. The van der Waals surface area contributed by atoms with E-state index < -0.39 is 5.97 Å². The summed E-state index contributed by atoms with van der Waals surface area (Å²) < 4.78 is 0. The highest BCUT2D eigenvalue weighted by Gasteiger charge is 2.29. The Bertz CT molecular complexity index is 426. The van der Waals surface area contributed by atoms with Crippen LogP contribution >= 0.6 is 0 Å². The molecule has 1 heterocycles. The van der Waals surface area contributed by atoms with Crippen LogP contribution < -0.4 is 0 Å². The Morgan fingerprint density at radius 2 is 1.70 bits per heavy atom. The number of rotatable bonds is 7. The van der Waals surface area contributed by atoms with E-state index in [1.165, 1.54) is 4.90 Å². The zero-order valence-corrected chi connectivity index (χ0v) is 14.7. The zero-order chi connectivity index (χ0) is 17.6. The van der Waals surface area contributed by atoms with E-state index in [0.717, 1.165) is 12.8 Å². The summed E-state index contributed by atoms with van der Waals surface area (Å²) in [4.78, 5) is 38.9. The van der Waals surface area contributed by atoms with Gasteiger partial charge in [0.25, 0.3) is 0 Å². The summed E-state index contributed by atoms with van der Waals surface area (Å²) >= 11 is 0. The summed E-state index contributed by atoms with van der Waals surface area (Å²) in [5, 5.41) is 8.98. The molecule has 6 nitrogen and oxygen atoms in total. The fourth-order valence-corrected chi connectivity index (χ4v) is 3.30. The molecule has 1 atom stereocenters. The second kappa shape index (κ2) is 8.89. The second-order valence-electron chi connectivity index (χ2n) is 6.55. The highest BCUT2D eigenvalue weighted by molar-refractivity contribution is 5.86. The smallest absolute Gasteiger partial charge is 0.306 e. The predicted octanol–water partition coefficient (Wildman–Crippen LogP) is 1.84. The fourth-order valence-electron chi connectivity index (χ4n) is 3.30. The van der Waals surface area contributed by atoms with Crippen molar-refractivity contribution in [2.45, 2.75) is 46.5 Å². The van der Waals surface area contributed by atoms with Crippen molar-refractivity contribution >= 4 is 17.8 Å². The van der Waals surface area contributed by atoms with Crippen molar-refractivity contribution in [2.75, 3.05) is 26.7 Å². The lowest BCUT2D eigenvalue weighted by Crippen LogP contribution is -2.46. The Labute approximate surface area is 138 Å².